The number of carbonyl (C=O) groups excluding carboxylic acids is 1. The van der Waals surface area contributed by atoms with Crippen molar-refractivity contribution in [1.29, 1.82) is 0 Å². The fourth-order valence-corrected chi connectivity index (χ4v) is 3.29. The van der Waals surface area contributed by atoms with Gasteiger partial charge in [0.1, 0.15) is 0 Å². The first kappa shape index (κ1) is 13.4. The van der Waals surface area contributed by atoms with Crippen molar-refractivity contribution < 1.29 is 9.53 Å². The van der Waals surface area contributed by atoms with Crippen LogP contribution in [0.2, 0.25) is 0 Å². The van der Waals surface area contributed by atoms with Gasteiger partial charge < -0.3 is 9.64 Å². The van der Waals surface area contributed by atoms with E-state index < -0.39 is 5.60 Å². The van der Waals surface area contributed by atoms with Crippen LogP contribution in [0.25, 0.3) is 5.57 Å². The second-order valence-corrected chi connectivity index (χ2v) is 6.09. The highest BCUT2D eigenvalue weighted by molar-refractivity contribution is 5.82. The van der Waals surface area contributed by atoms with Gasteiger partial charge in [0.25, 0.3) is 0 Å². The van der Waals surface area contributed by atoms with Crippen molar-refractivity contribution >= 4 is 11.5 Å². The van der Waals surface area contributed by atoms with Crippen LogP contribution in [-0.4, -0.2) is 37.1 Å². The Labute approximate surface area is 120 Å². The topological polar surface area (TPSA) is 29.5 Å². The Bertz CT molecular complexity index is 588. The van der Waals surface area contributed by atoms with Crippen LogP contribution in [0.1, 0.15) is 30.9 Å². The third-order valence-electron chi connectivity index (χ3n) is 4.47. The number of carbonyl (C=O) groups is 1. The second-order valence-electron chi connectivity index (χ2n) is 6.09. The van der Waals surface area contributed by atoms with Gasteiger partial charge in [-0.05, 0) is 42.0 Å². The van der Waals surface area contributed by atoms with Crippen molar-refractivity contribution in [2.75, 3.05) is 20.7 Å². The molecule has 1 aromatic rings. The van der Waals surface area contributed by atoms with Crippen molar-refractivity contribution in [3.05, 3.63) is 41.0 Å². The summed E-state index contributed by atoms with van der Waals surface area (Å²) >= 11 is 0. The summed E-state index contributed by atoms with van der Waals surface area (Å²) in [5, 5.41) is 0. The van der Waals surface area contributed by atoms with Crippen molar-refractivity contribution in [3.63, 3.8) is 0 Å². The molecule has 20 heavy (non-hydrogen) atoms. The highest BCUT2D eigenvalue weighted by atomic mass is 16.5. The molecule has 1 heterocycles. The van der Waals surface area contributed by atoms with E-state index in [9.17, 15) is 4.79 Å². The summed E-state index contributed by atoms with van der Waals surface area (Å²) in [5.74, 6) is 0.122. The summed E-state index contributed by atoms with van der Waals surface area (Å²) in [6.07, 6.45) is 2.30. The molecule has 3 rings (SSSR count). The lowest BCUT2D eigenvalue weighted by Gasteiger charge is -2.36. The van der Waals surface area contributed by atoms with Gasteiger partial charge in [-0.3, -0.25) is 4.79 Å². The highest BCUT2D eigenvalue weighted by Crippen LogP contribution is 2.45. The van der Waals surface area contributed by atoms with Gasteiger partial charge in [-0.15, -0.1) is 0 Å². The molecule has 3 nitrogen and oxygen atoms in total. The second kappa shape index (κ2) is 4.74. The molecular formula is C17H21NO2. The van der Waals surface area contributed by atoms with E-state index >= 15 is 0 Å². The van der Waals surface area contributed by atoms with Crippen LogP contribution in [-0.2, 0) is 16.0 Å². The average molecular weight is 271 g/mol. The summed E-state index contributed by atoms with van der Waals surface area (Å²) in [4.78, 5) is 13.7. The fourth-order valence-electron chi connectivity index (χ4n) is 3.29. The number of hydrogen-bond acceptors (Lipinski definition) is 2. The van der Waals surface area contributed by atoms with Gasteiger partial charge in [-0.25, -0.2) is 0 Å². The maximum atomic E-state index is 12.1. The minimum Gasteiger partial charge on any atom is -0.370 e. The molecule has 0 bridgehead atoms. The van der Waals surface area contributed by atoms with Crippen molar-refractivity contribution in [2.24, 2.45) is 0 Å². The van der Waals surface area contributed by atoms with E-state index in [4.69, 9.17) is 4.74 Å². The Hall–Kier alpha value is -1.61. The Morgan fingerprint density at radius 1 is 1.35 bits per heavy atom. The van der Waals surface area contributed by atoms with Crippen LogP contribution in [0.5, 0.6) is 0 Å². The zero-order valence-corrected chi connectivity index (χ0v) is 12.4. The van der Waals surface area contributed by atoms with Crippen molar-refractivity contribution in [2.45, 2.75) is 31.8 Å². The molecular weight excluding hydrogens is 250 g/mol. The molecule has 1 aliphatic carbocycles. The number of ether oxygens (including phenoxy) is 1. The minimum absolute atomic E-state index is 0.122. The van der Waals surface area contributed by atoms with Crippen LogP contribution in [0.3, 0.4) is 0 Å². The van der Waals surface area contributed by atoms with Crippen LogP contribution >= 0.6 is 0 Å². The van der Waals surface area contributed by atoms with E-state index in [0.717, 1.165) is 12.8 Å². The van der Waals surface area contributed by atoms with E-state index in [1.165, 1.54) is 22.3 Å². The molecule has 0 saturated heterocycles. The lowest BCUT2D eigenvalue weighted by Crippen LogP contribution is -2.40. The molecule has 0 saturated carbocycles. The quantitative estimate of drug-likeness (QED) is 0.827. The lowest BCUT2D eigenvalue weighted by atomic mass is 9.85. The molecule has 2 aliphatic rings. The number of nitrogens with zero attached hydrogens (tertiary/aromatic N) is 1. The number of benzene rings is 1. The first-order valence-electron chi connectivity index (χ1n) is 7.16. The van der Waals surface area contributed by atoms with E-state index in [2.05, 4.69) is 31.2 Å². The first-order chi connectivity index (χ1) is 9.51. The first-order valence-corrected chi connectivity index (χ1v) is 7.16. The predicted octanol–water partition coefficient (Wildman–Crippen LogP) is 2.65. The molecule has 1 amide bonds. The van der Waals surface area contributed by atoms with Gasteiger partial charge in [0.15, 0.2) is 0 Å². The van der Waals surface area contributed by atoms with Crippen molar-refractivity contribution in [1.82, 2.24) is 4.90 Å². The maximum absolute atomic E-state index is 12.1. The molecule has 106 valence electrons. The fraction of sp³-hybridized carbons (Fsp3) is 0.471. The van der Waals surface area contributed by atoms with Gasteiger partial charge in [-0.1, -0.05) is 24.3 Å². The van der Waals surface area contributed by atoms with Crippen LogP contribution in [0.4, 0.5) is 0 Å². The number of rotatable bonds is 2. The maximum Gasteiger partial charge on any atom is 0.225 e. The third kappa shape index (κ3) is 2.06. The molecule has 1 unspecified atom stereocenters. The number of hydrogen-bond donors (Lipinski definition) is 0. The summed E-state index contributed by atoms with van der Waals surface area (Å²) < 4.78 is 6.03. The molecule has 1 aliphatic heterocycles. The van der Waals surface area contributed by atoms with Gasteiger partial charge in [0, 0.05) is 14.1 Å². The molecule has 0 fully saturated rings. The summed E-state index contributed by atoms with van der Waals surface area (Å²) in [5.41, 5.74) is 4.98. The van der Waals surface area contributed by atoms with Gasteiger partial charge in [-0.2, -0.15) is 0 Å². The van der Waals surface area contributed by atoms with E-state index in [0.29, 0.717) is 13.0 Å². The van der Waals surface area contributed by atoms with E-state index in [-0.39, 0.29) is 5.91 Å². The lowest BCUT2D eigenvalue weighted by molar-refractivity contribution is -0.134. The smallest absolute Gasteiger partial charge is 0.225 e. The van der Waals surface area contributed by atoms with Gasteiger partial charge >= 0.3 is 0 Å². The van der Waals surface area contributed by atoms with Crippen LogP contribution in [0.15, 0.2) is 29.8 Å². The van der Waals surface area contributed by atoms with Crippen LogP contribution in [0, 0.1) is 0 Å². The Kier molecular flexibility index (Phi) is 3.17. The molecule has 1 atom stereocenters. The molecule has 0 aromatic heterocycles. The minimum atomic E-state index is -0.450. The molecule has 0 spiro atoms. The molecule has 3 heteroatoms. The Balaban J connectivity index is 1.96. The van der Waals surface area contributed by atoms with Gasteiger partial charge in [0.05, 0.1) is 18.6 Å². The molecule has 0 radical (unpaired) electrons. The van der Waals surface area contributed by atoms with E-state index in [1.807, 2.05) is 0 Å². The van der Waals surface area contributed by atoms with Crippen LogP contribution < -0.4 is 0 Å². The number of amides is 1. The normalized spacial score (nSPS) is 24.4. The Morgan fingerprint density at radius 2 is 2.10 bits per heavy atom. The largest absolute Gasteiger partial charge is 0.370 e. The number of fused-ring (bicyclic) bond motifs is 2. The monoisotopic (exact) mass is 271 g/mol. The Morgan fingerprint density at radius 3 is 2.85 bits per heavy atom. The SMILES string of the molecule is CN(C)C(=O)CC1(C)OCCC2=C1Cc1ccccc12. The summed E-state index contributed by atoms with van der Waals surface area (Å²) in [6.45, 7) is 2.76. The standard InChI is InChI=1S/C17H21NO2/c1-17(11-16(19)18(2)3)15-10-12-6-4-5-7-13(12)14(15)8-9-20-17/h4-7H,8-11H2,1-3H3. The predicted molar refractivity (Wildman–Crippen MR) is 79.4 cm³/mol. The zero-order valence-electron chi connectivity index (χ0n) is 12.4. The summed E-state index contributed by atoms with van der Waals surface area (Å²) in [6, 6.07) is 8.55. The molecule has 1 aromatic carbocycles. The average Bonchev–Trinajstić information content (AvgIpc) is 2.79. The van der Waals surface area contributed by atoms with Crippen molar-refractivity contribution in [3.8, 4) is 0 Å². The zero-order chi connectivity index (χ0) is 14.3. The highest BCUT2D eigenvalue weighted by Gasteiger charge is 2.41. The third-order valence-corrected chi connectivity index (χ3v) is 4.47. The van der Waals surface area contributed by atoms with E-state index in [1.54, 1.807) is 19.0 Å². The summed E-state index contributed by atoms with van der Waals surface area (Å²) in [7, 11) is 3.60. The van der Waals surface area contributed by atoms with Gasteiger partial charge in [0.2, 0.25) is 5.91 Å². The molecule has 0 N–H and O–H groups in total.